The first-order valence-electron chi connectivity index (χ1n) is 10.2. The molecule has 1 aromatic heterocycles. The second-order valence-corrected chi connectivity index (χ2v) is 8.46. The summed E-state index contributed by atoms with van der Waals surface area (Å²) in [6.45, 7) is 7.31. The highest BCUT2D eigenvalue weighted by Gasteiger charge is 2.42. The Kier molecular flexibility index (Phi) is 5.55. The van der Waals surface area contributed by atoms with Gasteiger partial charge in [0.2, 0.25) is 5.91 Å². The molecule has 0 aliphatic carbocycles. The van der Waals surface area contributed by atoms with Crippen molar-refractivity contribution in [2.24, 2.45) is 11.3 Å². The van der Waals surface area contributed by atoms with Crippen LogP contribution in [0.2, 0.25) is 0 Å². The van der Waals surface area contributed by atoms with Crippen LogP contribution < -0.4 is 0 Å². The van der Waals surface area contributed by atoms with Gasteiger partial charge in [-0.3, -0.25) is 9.78 Å². The zero-order chi connectivity index (χ0) is 17.8. The zero-order valence-electron chi connectivity index (χ0n) is 15.7. The first-order chi connectivity index (χ1) is 12.7. The van der Waals surface area contributed by atoms with E-state index in [9.17, 15) is 4.79 Å². The number of pyridine rings is 1. The fraction of sp³-hybridized carbons (Fsp3) is 0.714. The second-order valence-electron chi connectivity index (χ2n) is 8.46. The summed E-state index contributed by atoms with van der Waals surface area (Å²) in [6, 6.07) is 5.80. The molecule has 26 heavy (non-hydrogen) atoms. The Balaban J connectivity index is 1.31. The quantitative estimate of drug-likeness (QED) is 0.830. The minimum atomic E-state index is 0.238. The monoisotopic (exact) mass is 357 g/mol. The fourth-order valence-corrected chi connectivity index (χ4v) is 5.01. The van der Waals surface area contributed by atoms with Crippen LogP contribution in [0.3, 0.4) is 0 Å². The number of piperidine rings is 1. The highest BCUT2D eigenvalue weighted by atomic mass is 16.5. The molecule has 4 rings (SSSR count). The highest BCUT2D eigenvalue weighted by Crippen LogP contribution is 2.39. The SMILES string of the molecule is O=C(Cc1ccccn1)N1CC[C@]2(CCCN(CC3CCOCC3)C2)C1. The van der Waals surface area contributed by atoms with E-state index in [0.29, 0.717) is 11.8 Å². The minimum Gasteiger partial charge on any atom is -0.381 e. The van der Waals surface area contributed by atoms with E-state index in [1.807, 2.05) is 18.2 Å². The Bertz CT molecular complexity index is 603. The van der Waals surface area contributed by atoms with E-state index in [0.717, 1.165) is 50.9 Å². The molecule has 0 unspecified atom stereocenters. The molecule has 1 amide bonds. The van der Waals surface area contributed by atoms with Crippen molar-refractivity contribution in [3.05, 3.63) is 30.1 Å². The van der Waals surface area contributed by atoms with Gasteiger partial charge in [-0.2, -0.15) is 0 Å². The van der Waals surface area contributed by atoms with E-state index in [1.165, 1.54) is 38.8 Å². The summed E-state index contributed by atoms with van der Waals surface area (Å²) in [5.74, 6) is 1.03. The van der Waals surface area contributed by atoms with Crippen molar-refractivity contribution in [3.8, 4) is 0 Å². The zero-order valence-corrected chi connectivity index (χ0v) is 15.7. The smallest absolute Gasteiger partial charge is 0.228 e. The van der Waals surface area contributed by atoms with E-state index in [1.54, 1.807) is 6.20 Å². The maximum atomic E-state index is 12.7. The van der Waals surface area contributed by atoms with Crippen LogP contribution in [0.4, 0.5) is 0 Å². The van der Waals surface area contributed by atoms with Crippen LogP contribution in [0.1, 0.15) is 37.8 Å². The Morgan fingerprint density at radius 2 is 2.08 bits per heavy atom. The Labute approximate surface area is 156 Å². The van der Waals surface area contributed by atoms with Crippen LogP contribution in [0.5, 0.6) is 0 Å². The fourth-order valence-electron chi connectivity index (χ4n) is 5.01. The largest absolute Gasteiger partial charge is 0.381 e. The van der Waals surface area contributed by atoms with Crippen molar-refractivity contribution < 1.29 is 9.53 Å². The summed E-state index contributed by atoms with van der Waals surface area (Å²) in [5.41, 5.74) is 1.20. The maximum absolute atomic E-state index is 12.7. The predicted octanol–water partition coefficient (Wildman–Crippen LogP) is 2.37. The van der Waals surface area contributed by atoms with Gasteiger partial charge in [0.25, 0.3) is 0 Å². The third-order valence-corrected chi connectivity index (χ3v) is 6.45. The third kappa shape index (κ3) is 4.26. The highest BCUT2D eigenvalue weighted by molar-refractivity contribution is 5.78. The lowest BCUT2D eigenvalue weighted by Gasteiger charge is -2.42. The topological polar surface area (TPSA) is 45.7 Å². The van der Waals surface area contributed by atoms with Crippen molar-refractivity contribution in [2.45, 2.75) is 38.5 Å². The molecule has 1 aromatic rings. The van der Waals surface area contributed by atoms with Crippen molar-refractivity contribution in [1.29, 1.82) is 0 Å². The van der Waals surface area contributed by atoms with Crippen LogP contribution in [0.25, 0.3) is 0 Å². The number of hydrogen-bond donors (Lipinski definition) is 0. The molecular weight excluding hydrogens is 326 g/mol. The molecule has 3 fully saturated rings. The van der Waals surface area contributed by atoms with E-state index in [4.69, 9.17) is 4.74 Å². The van der Waals surface area contributed by atoms with Gasteiger partial charge in [0.1, 0.15) is 0 Å². The number of amides is 1. The summed E-state index contributed by atoms with van der Waals surface area (Å²) >= 11 is 0. The van der Waals surface area contributed by atoms with Crippen molar-refractivity contribution in [1.82, 2.24) is 14.8 Å². The standard InChI is InChI=1S/C21H31N3O2/c25-20(14-19-4-1-2-9-22-19)24-11-8-21(17-24)7-3-10-23(16-21)15-18-5-12-26-13-6-18/h1-2,4,9,18H,3,5-8,10-17H2/t21-/m0/s1. The predicted molar refractivity (Wildman–Crippen MR) is 101 cm³/mol. The molecule has 0 saturated carbocycles. The number of carbonyl (C=O) groups is 1. The van der Waals surface area contributed by atoms with Crippen LogP contribution in [0.15, 0.2) is 24.4 Å². The van der Waals surface area contributed by atoms with E-state index >= 15 is 0 Å². The molecule has 1 atom stereocenters. The Morgan fingerprint density at radius 1 is 1.19 bits per heavy atom. The van der Waals surface area contributed by atoms with Gasteiger partial charge in [-0.25, -0.2) is 0 Å². The van der Waals surface area contributed by atoms with Gasteiger partial charge in [0, 0.05) is 56.7 Å². The Morgan fingerprint density at radius 3 is 2.88 bits per heavy atom. The lowest BCUT2D eigenvalue weighted by Crippen LogP contribution is -2.47. The Hall–Kier alpha value is -1.46. The van der Waals surface area contributed by atoms with Gasteiger partial charge < -0.3 is 14.5 Å². The lowest BCUT2D eigenvalue weighted by atomic mass is 9.79. The van der Waals surface area contributed by atoms with E-state index in [-0.39, 0.29) is 5.91 Å². The lowest BCUT2D eigenvalue weighted by molar-refractivity contribution is -0.130. The van der Waals surface area contributed by atoms with Crippen molar-refractivity contribution in [2.75, 3.05) is 45.9 Å². The molecule has 3 aliphatic rings. The molecule has 1 spiro atoms. The third-order valence-electron chi connectivity index (χ3n) is 6.45. The molecule has 0 aromatic carbocycles. The average molecular weight is 357 g/mol. The van der Waals surface area contributed by atoms with Crippen molar-refractivity contribution >= 4 is 5.91 Å². The number of hydrogen-bond acceptors (Lipinski definition) is 4. The van der Waals surface area contributed by atoms with Gasteiger partial charge in [-0.15, -0.1) is 0 Å². The minimum absolute atomic E-state index is 0.238. The average Bonchev–Trinajstić information content (AvgIpc) is 3.07. The number of ether oxygens (including phenoxy) is 1. The molecule has 0 N–H and O–H groups in total. The molecule has 5 heteroatoms. The van der Waals surface area contributed by atoms with Crippen LogP contribution >= 0.6 is 0 Å². The molecule has 0 bridgehead atoms. The number of likely N-dealkylation sites (tertiary alicyclic amines) is 2. The number of nitrogens with zero attached hydrogens (tertiary/aromatic N) is 3. The van der Waals surface area contributed by atoms with Gasteiger partial charge in [0.15, 0.2) is 0 Å². The molecule has 0 radical (unpaired) electrons. The van der Waals surface area contributed by atoms with Crippen LogP contribution in [-0.2, 0) is 16.0 Å². The molecule has 4 heterocycles. The summed E-state index contributed by atoms with van der Waals surface area (Å²) in [5, 5.41) is 0. The van der Waals surface area contributed by atoms with Crippen LogP contribution in [-0.4, -0.2) is 66.6 Å². The van der Waals surface area contributed by atoms with Gasteiger partial charge in [-0.1, -0.05) is 6.07 Å². The van der Waals surface area contributed by atoms with Crippen molar-refractivity contribution in [3.63, 3.8) is 0 Å². The van der Waals surface area contributed by atoms with Crippen LogP contribution in [0, 0.1) is 11.3 Å². The molecule has 3 saturated heterocycles. The summed E-state index contributed by atoms with van der Waals surface area (Å²) in [7, 11) is 0. The normalized spacial score (nSPS) is 27.9. The summed E-state index contributed by atoms with van der Waals surface area (Å²) in [6.07, 6.45) is 8.31. The van der Waals surface area contributed by atoms with Gasteiger partial charge in [0.05, 0.1) is 6.42 Å². The summed E-state index contributed by atoms with van der Waals surface area (Å²) in [4.78, 5) is 21.8. The van der Waals surface area contributed by atoms with Gasteiger partial charge >= 0.3 is 0 Å². The number of carbonyl (C=O) groups excluding carboxylic acids is 1. The molecule has 3 aliphatic heterocycles. The van der Waals surface area contributed by atoms with E-state index < -0.39 is 0 Å². The first-order valence-corrected chi connectivity index (χ1v) is 10.2. The molecular formula is C21H31N3O2. The summed E-state index contributed by atoms with van der Waals surface area (Å²) < 4.78 is 5.50. The first kappa shape index (κ1) is 17.9. The molecule has 142 valence electrons. The number of rotatable bonds is 4. The maximum Gasteiger partial charge on any atom is 0.228 e. The molecule has 5 nitrogen and oxygen atoms in total. The number of aromatic nitrogens is 1. The second kappa shape index (κ2) is 8.05. The van der Waals surface area contributed by atoms with E-state index in [2.05, 4.69) is 14.8 Å². The van der Waals surface area contributed by atoms with Gasteiger partial charge in [-0.05, 0) is 56.7 Å².